The first kappa shape index (κ1) is 14.2. The van der Waals surface area contributed by atoms with Crippen LogP contribution >= 0.6 is 0 Å². The standard InChI is InChI=1S/C13H18O5/c1-4-5-6-18-12-8(3)7(2)9(13(16)17)10(14)11(12)15/h14-15H,4-6H2,1-3H3,(H,16,17). The first-order valence-electron chi connectivity index (χ1n) is 5.82. The normalized spacial score (nSPS) is 10.4. The Labute approximate surface area is 106 Å². The van der Waals surface area contributed by atoms with Crippen LogP contribution in [0.25, 0.3) is 0 Å². The van der Waals surface area contributed by atoms with Crippen LogP contribution in [0.15, 0.2) is 0 Å². The van der Waals surface area contributed by atoms with Gasteiger partial charge < -0.3 is 20.1 Å². The van der Waals surface area contributed by atoms with Crippen molar-refractivity contribution < 1.29 is 24.9 Å². The van der Waals surface area contributed by atoms with Gasteiger partial charge in [0, 0.05) is 0 Å². The highest BCUT2D eigenvalue weighted by Gasteiger charge is 2.24. The number of phenols is 2. The van der Waals surface area contributed by atoms with E-state index in [1.54, 1.807) is 13.8 Å². The highest BCUT2D eigenvalue weighted by Crippen LogP contribution is 2.43. The van der Waals surface area contributed by atoms with Crippen LogP contribution in [0.1, 0.15) is 41.3 Å². The summed E-state index contributed by atoms with van der Waals surface area (Å²) in [6.45, 7) is 5.65. The summed E-state index contributed by atoms with van der Waals surface area (Å²) < 4.78 is 5.40. The Morgan fingerprint density at radius 2 is 1.78 bits per heavy atom. The second kappa shape index (κ2) is 5.62. The van der Waals surface area contributed by atoms with Crippen LogP contribution in [-0.4, -0.2) is 27.9 Å². The highest BCUT2D eigenvalue weighted by atomic mass is 16.5. The minimum atomic E-state index is -1.27. The number of aromatic carboxylic acids is 1. The average molecular weight is 254 g/mol. The van der Waals surface area contributed by atoms with E-state index in [0.29, 0.717) is 17.7 Å². The van der Waals surface area contributed by atoms with E-state index in [2.05, 4.69) is 0 Å². The lowest BCUT2D eigenvalue weighted by Crippen LogP contribution is -2.06. The van der Waals surface area contributed by atoms with E-state index in [9.17, 15) is 15.0 Å². The third kappa shape index (κ3) is 2.50. The Bertz CT molecular complexity index is 436. The molecule has 0 saturated heterocycles. The molecule has 0 unspecified atom stereocenters. The Hall–Kier alpha value is -1.91. The lowest BCUT2D eigenvalue weighted by atomic mass is 10.00. The van der Waals surface area contributed by atoms with Crippen molar-refractivity contribution in [1.29, 1.82) is 0 Å². The highest BCUT2D eigenvalue weighted by molar-refractivity contribution is 5.95. The van der Waals surface area contributed by atoms with Gasteiger partial charge in [0.2, 0.25) is 5.75 Å². The number of ether oxygens (including phenoxy) is 1. The van der Waals surface area contributed by atoms with Crippen molar-refractivity contribution >= 4 is 5.97 Å². The van der Waals surface area contributed by atoms with Gasteiger partial charge in [-0.15, -0.1) is 0 Å². The minimum Gasteiger partial charge on any atom is -0.504 e. The van der Waals surface area contributed by atoms with Gasteiger partial charge in [0.25, 0.3) is 0 Å². The number of hydrogen-bond donors (Lipinski definition) is 3. The summed E-state index contributed by atoms with van der Waals surface area (Å²) in [5.41, 5.74) is 0.635. The predicted octanol–water partition coefficient (Wildman–Crippen LogP) is 2.59. The largest absolute Gasteiger partial charge is 0.504 e. The van der Waals surface area contributed by atoms with Crippen molar-refractivity contribution in [1.82, 2.24) is 0 Å². The molecular formula is C13H18O5. The van der Waals surface area contributed by atoms with Crippen LogP contribution in [-0.2, 0) is 0 Å². The van der Waals surface area contributed by atoms with Gasteiger partial charge in [-0.2, -0.15) is 0 Å². The fourth-order valence-corrected chi connectivity index (χ4v) is 1.70. The molecule has 0 amide bonds. The number of phenolic OH excluding ortho intramolecular Hbond substituents is 1. The van der Waals surface area contributed by atoms with E-state index in [1.165, 1.54) is 0 Å². The van der Waals surface area contributed by atoms with E-state index in [-0.39, 0.29) is 11.3 Å². The molecule has 1 aromatic rings. The van der Waals surface area contributed by atoms with Crippen LogP contribution in [0.5, 0.6) is 17.2 Å². The molecule has 0 aliphatic carbocycles. The van der Waals surface area contributed by atoms with Gasteiger partial charge in [0.15, 0.2) is 11.5 Å². The van der Waals surface area contributed by atoms with E-state index in [0.717, 1.165) is 12.8 Å². The van der Waals surface area contributed by atoms with E-state index in [4.69, 9.17) is 9.84 Å². The lowest BCUT2D eigenvalue weighted by Gasteiger charge is -2.16. The van der Waals surface area contributed by atoms with Gasteiger partial charge >= 0.3 is 5.97 Å². The molecule has 0 spiro atoms. The number of carboxylic acid groups (broad SMARTS) is 1. The first-order chi connectivity index (χ1) is 8.41. The summed E-state index contributed by atoms with van der Waals surface area (Å²) in [6.07, 6.45) is 1.76. The summed E-state index contributed by atoms with van der Waals surface area (Å²) in [7, 11) is 0. The number of unbranched alkanes of at least 4 members (excludes halogenated alkanes) is 1. The van der Waals surface area contributed by atoms with Gasteiger partial charge in [-0.3, -0.25) is 0 Å². The average Bonchev–Trinajstić information content (AvgIpc) is 2.31. The van der Waals surface area contributed by atoms with E-state index >= 15 is 0 Å². The first-order valence-corrected chi connectivity index (χ1v) is 5.82. The maximum atomic E-state index is 11.0. The fraction of sp³-hybridized carbons (Fsp3) is 0.462. The molecule has 1 aromatic carbocycles. The molecule has 0 fully saturated rings. The number of carbonyl (C=O) groups is 1. The molecular weight excluding hydrogens is 236 g/mol. The van der Waals surface area contributed by atoms with Crippen LogP contribution in [0.4, 0.5) is 0 Å². The molecule has 0 atom stereocenters. The van der Waals surface area contributed by atoms with E-state index in [1.807, 2.05) is 6.92 Å². The van der Waals surface area contributed by atoms with Crippen molar-refractivity contribution in [2.24, 2.45) is 0 Å². The zero-order chi connectivity index (χ0) is 13.9. The van der Waals surface area contributed by atoms with Crippen molar-refractivity contribution in [3.05, 3.63) is 16.7 Å². The molecule has 0 aromatic heterocycles. The number of carboxylic acids is 1. The van der Waals surface area contributed by atoms with Crippen molar-refractivity contribution in [3.8, 4) is 17.2 Å². The molecule has 1 rings (SSSR count). The second-order valence-corrected chi connectivity index (χ2v) is 4.16. The molecule has 0 radical (unpaired) electrons. The Kier molecular flexibility index (Phi) is 4.42. The Morgan fingerprint density at radius 1 is 1.17 bits per heavy atom. The summed E-state index contributed by atoms with van der Waals surface area (Å²) >= 11 is 0. The monoisotopic (exact) mass is 254 g/mol. The zero-order valence-electron chi connectivity index (χ0n) is 10.8. The lowest BCUT2D eigenvalue weighted by molar-refractivity contribution is 0.0692. The van der Waals surface area contributed by atoms with Crippen LogP contribution in [0.2, 0.25) is 0 Å². The number of benzene rings is 1. The predicted molar refractivity (Wildman–Crippen MR) is 66.6 cm³/mol. The molecule has 100 valence electrons. The van der Waals surface area contributed by atoms with E-state index < -0.39 is 17.5 Å². The summed E-state index contributed by atoms with van der Waals surface area (Å²) in [6, 6.07) is 0. The number of rotatable bonds is 5. The molecule has 0 heterocycles. The molecule has 0 saturated carbocycles. The molecule has 0 bridgehead atoms. The molecule has 18 heavy (non-hydrogen) atoms. The number of hydrogen-bond acceptors (Lipinski definition) is 4. The topological polar surface area (TPSA) is 87.0 Å². The smallest absolute Gasteiger partial charge is 0.339 e. The van der Waals surface area contributed by atoms with Gasteiger partial charge in [0.05, 0.1) is 6.61 Å². The maximum Gasteiger partial charge on any atom is 0.339 e. The van der Waals surface area contributed by atoms with Gasteiger partial charge in [-0.1, -0.05) is 13.3 Å². The van der Waals surface area contributed by atoms with Gasteiger partial charge in [-0.05, 0) is 31.4 Å². The van der Waals surface area contributed by atoms with Gasteiger partial charge in [0.1, 0.15) is 5.56 Å². The third-order valence-corrected chi connectivity index (χ3v) is 2.91. The Morgan fingerprint density at radius 3 is 2.28 bits per heavy atom. The van der Waals surface area contributed by atoms with Crippen LogP contribution in [0, 0.1) is 13.8 Å². The SMILES string of the molecule is CCCCOc1c(C)c(C)c(C(=O)O)c(O)c1O. The van der Waals surface area contributed by atoms with Gasteiger partial charge in [-0.25, -0.2) is 4.79 Å². The molecule has 5 heteroatoms. The quantitative estimate of drug-likeness (QED) is 0.555. The zero-order valence-corrected chi connectivity index (χ0v) is 10.8. The third-order valence-electron chi connectivity index (χ3n) is 2.91. The molecule has 5 nitrogen and oxygen atoms in total. The summed E-state index contributed by atoms with van der Waals surface area (Å²) in [5.74, 6) is -2.27. The Balaban J connectivity index is 3.26. The summed E-state index contributed by atoms with van der Waals surface area (Å²) in [4.78, 5) is 11.0. The molecule has 0 aliphatic heterocycles. The number of aromatic hydroxyl groups is 2. The maximum absolute atomic E-state index is 11.0. The summed E-state index contributed by atoms with van der Waals surface area (Å²) in [5, 5.41) is 28.5. The van der Waals surface area contributed by atoms with Crippen molar-refractivity contribution in [2.75, 3.05) is 6.61 Å². The molecule has 0 aliphatic rings. The minimum absolute atomic E-state index is 0.156. The van der Waals surface area contributed by atoms with Crippen molar-refractivity contribution in [3.63, 3.8) is 0 Å². The van der Waals surface area contributed by atoms with Crippen molar-refractivity contribution in [2.45, 2.75) is 33.6 Å². The van der Waals surface area contributed by atoms with Crippen LogP contribution in [0.3, 0.4) is 0 Å². The molecule has 3 N–H and O–H groups in total. The van der Waals surface area contributed by atoms with Crippen LogP contribution < -0.4 is 4.74 Å². The second-order valence-electron chi connectivity index (χ2n) is 4.16. The fourth-order valence-electron chi connectivity index (χ4n) is 1.70.